The first-order valence-corrected chi connectivity index (χ1v) is 7.59. The van der Waals surface area contributed by atoms with Crippen LogP contribution in [0.3, 0.4) is 0 Å². The second-order valence-electron chi connectivity index (χ2n) is 4.74. The number of methoxy groups -OCH3 is 1. The molecule has 0 aliphatic carbocycles. The molecule has 19 heavy (non-hydrogen) atoms. The number of nitrogens with one attached hydrogen (secondary N) is 2. The number of amides is 1. The van der Waals surface area contributed by atoms with Crippen molar-refractivity contribution in [3.8, 4) is 5.75 Å². The van der Waals surface area contributed by atoms with Crippen molar-refractivity contribution in [3.63, 3.8) is 0 Å². The number of benzene rings is 1. The lowest BCUT2D eigenvalue weighted by Crippen LogP contribution is -2.46. The van der Waals surface area contributed by atoms with Crippen molar-refractivity contribution in [2.75, 3.05) is 18.7 Å². The topological polar surface area (TPSA) is 50.4 Å². The lowest BCUT2D eigenvalue weighted by Gasteiger charge is -2.17. The van der Waals surface area contributed by atoms with Crippen molar-refractivity contribution >= 4 is 17.7 Å². The van der Waals surface area contributed by atoms with Crippen LogP contribution < -0.4 is 15.4 Å². The molecule has 1 aliphatic rings. The fourth-order valence-corrected chi connectivity index (χ4v) is 3.05. The van der Waals surface area contributed by atoms with E-state index in [1.165, 1.54) is 5.56 Å². The van der Waals surface area contributed by atoms with Gasteiger partial charge in [0.25, 0.3) is 0 Å². The van der Waals surface area contributed by atoms with E-state index >= 15 is 0 Å². The van der Waals surface area contributed by atoms with E-state index in [9.17, 15) is 4.79 Å². The van der Waals surface area contributed by atoms with Gasteiger partial charge in [0.15, 0.2) is 0 Å². The van der Waals surface area contributed by atoms with Crippen molar-refractivity contribution < 1.29 is 9.53 Å². The molecule has 0 saturated carbocycles. The van der Waals surface area contributed by atoms with Crippen LogP contribution in [0.4, 0.5) is 0 Å². The molecule has 1 aliphatic heterocycles. The molecule has 0 bridgehead atoms. The molecule has 2 rings (SSSR count). The molecule has 1 saturated heterocycles. The highest BCUT2D eigenvalue weighted by Crippen LogP contribution is 2.14. The maximum Gasteiger partial charge on any atom is 0.238 e. The Labute approximate surface area is 118 Å². The van der Waals surface area contributed by atoms with Gasteiger partial charge in [0.2, 0.25) is 5.91 Å². The molecule has 1 aromatic carbocycles. The van der Waals surface area contributed by atoms with Crippen LogP contribution in [0.25, 0.3) is 0 Å². The van der Waals surface area contributed by atoms with Crippen LogP contribution in [0.15, 0.2) is 24.3 Å². The highest BCUT2D eigenvalue weighted by molar-refractivity contribution is 7.99. The summed E-state index contributed by atoms with van der Waals surface area (Å²) in [4.78, 5) is 12.0. The van der Waals surface area contributed by atoms with Crippen LogP contribution in [0, 0.1) is 0 Å². The quantitative estimate of drug-likeness (QED) is 0.856. The summed E-state index contributed by atoms with van der Waals surface area (Å²) < 4.78 is 5.20. The molecule has 2 atom stereocenters. The van der Waals surface area contributed by atoms with Crippen LogP contribution in [0.5, 0.6) is 5.75 Å². The third-order valence-corrected chi connectivity index (χ3v) is 4.04. The Hall–Kier alpha value is -1.20. The predicted octanol–water partition coefficient (Wildman–Crippen LogP) is 1.40. The molecule has 0 spiro atoms. The lowest BCUT2D eigenvalue weighted by atomic mass is 10.1. The van der Waals surface area contributed by atoms with Gasteiger partial charge in [-0.1, -0.05) is 12.1 Å². The van der Waals surface area contributed by atoms with E-state index in [0.29, 0.717) is 0 Å². The summed E-state index contributed by atoms with van der Waals surface area (Å²) in [5, 5.41) is 6.23. The maximum absolute atomic E-state index is 12.0. The molecule has 2 N–H and O–H groups in total. The third-order valence-electron chi connectivity index (χ3n) is 3.10. The normalized spacial score (nSPS) is 20.0. The summed E-state index contributed by atoms with van der Waals surface area (Å²) in [6.07, 6.45) is 0.808. The summed E-state index contributed by atoms with van der Waals surface area (Å²) in [6.45, 7) is 2.03. The standard InChI is InChI=1S/C14H20N2O2S/c1-10(16-14(17)13-8-19-9-15-13)6-11-4-3-5-12(7-11)18-2/h3-5,7,10,13,15H,6,8-9H2,1-2H3,(H,16,17). The minimum Gasteiger partial charge on any atom is -0.497 e. The summed E-state index contributed by atoms with van der Waals surface area (Å²) in [5.41, 5.74) is 1.17. The van der Waals surface area contributed by atoms with Crippen LogP contribution >= 0.6 is 11.8 Å². The van der Waals surface area contributed by atoms with Crippen molar-refractivity contribution in [3.05, 3.63) is 29.8 Å². The Kier molecular flexibility index (Phi) is 5.10. The molecular formula is C14H20N2O2S. The molecule has 1 aromatic rings. The van der Waals surface area contributed by atoms with Crippen molar-refractivity contribution in [2.24, 2.45) is 0 Å². The fourth-order valence-electron chi connectivity index (χ4n) is 2.11. The van der Waals surface area contributed by atoms with Crippen LogP contribution in [-0.2, 0) is 11.2 Å². The summed E-state index contributed by atoms with van der Waals surface area (Å²) in [5.74, 6) is 2.67. The second kappa shape index (κ2) is 6.82. The van der Waals surface area contributed by atoms with Gasteiger partial charge in [0.05, 0.1) is 13.2 Å². The highest BCUT2D eigenvalue weighted by Gasteiger charge is 2.23. The molecule has 0 radical (unpaired) electrons. The van der Waals surface area contributed by atoms with Gasteiger partial charge in [-0.25, -0.2) is 0 Å². The number of thioether (sulfide) groups is 1. The van der Waals surface area contributed by atoms with E-state index < -0.39 is 0 Å². The largest absolute Gasteiger partial charge is 0.497 e. The first-order valence-electron chi connectivity index (χ1n) is 6.43. The zero-order valence-electron chi connectivity index (χ0n) is 11.3. The Bertz CT molecular complexity index is 433. The number of ether oxygens (including phenoxy) is 1. The fraction of sp³-hybridized carbons (Fsp3) is 0.500. The minimum atomic E-state index is -0.0437. The summed E-state index contributed by atoms with van der Waals surface area (Å²) >= 11 is 1.76. The SMILES string of the molecule is COc1cccc(CC(C)NC(=O)C2CSCN2)c1. The molecule has 1 heterocycles. The Morgan fingerprint density at radius 2 is 2.47 bits per heavy atom. The highest BCUT2D eigenvalue weighted by atomic mass is 32.2. The van der Waals surface area contributed by atoms with Crippen LogP contribution in [-0.4, -0.2) is 36.7 Å². The van der Waals surface area contributed by atoms with Gasteiger partial charge in [-0.15, -0.1) is 11.8 Å². The zero-order valence-corrected chi connectivity index (χ0v) is 12.1. The van der Waals surface area contributed by atoms with E-state index in [1.807, 2.05) is 25.1 Å². The Morgan fingerprint density at radius 1 is 1.63 bits per heavy atom. The first-order chi connectivity index (χ1) is 9.19. The number of carbonyl (C=O) groups excluding carboxylic acids is 1. The summed E-state index contributed by atoms with van der Waals surface area (Å²) in [7, 11) is 1.66. The average molecular weight is 280 g/mol. The smallest absolute Gasteiger partial charge is 0.238 e. The monoisotopic (exact) mass is 280 g/mol. The van der Waals surface area contributed by atoms with Crippen molar-refractivity contribution in [2.45, 2.75) is 25.4 Å². The molecule has 0 aromatic heterocycles. The molecule has 2 unspecified atom stereocenters. The van der Waals surface area contributed by atoms with Crippen molar-refractivity contribution in [1.82, 2.24) is 10.6 Å². The molecule has 1 amide bonds. The van der Waals surface area contributed by atoms with Gasteiger partial charge >= 0.3 is 0 Å². The number of hydrogen-bond acceptors (Lipinski definition) is 4. The molecule has 4 nitrogen and oxygen atoms in total. The van der Waals surface area contributed by atoms with Gasteiger partial charge in [0.1, 0.15) is 5.75 Å². The Morgan fingerprint density at radius 3 is 3.16 bits per heavy atom. The maximum atomic E-state index is 12.0. The van der Waals surface area contributed by atoms with E-state index in [1.54, 1.807) is 18.9 Å². The van der Waals surface area contributed by atoms with E-state index in [2.05, 4.69) is 16.7 Å². The minimum absolute atomic E-state index is 0.0437. The van der Waals surface area contributed by atoms with Crippen molar-refractivity contribution in [1.29, 1.82) is 0 Å². The molecular weight excluding hydrogens is 260 g/mol. The molecule has 5 heteroatoms. The van der Waals surface area contributed by atoms with Crippen LogP contribution in [0.1, 0.15) is 12.5 Å². The average Bonchev–Trinajstić information content (AvgIpc) is 2.92. The number of rotatable bonds is 5. The van der Waals surface area contributed by atoms with Gasteiger partial charge in [-0.2, -0.15) is 0 Å². The van der Waals surface area contributed by atoms with Gasteiger partial charge < -0.3 is 10.1 Å². The van der Waals surface area contributed by atoms with Gasteiger partial charge in [-0.05, 0) is 31.0 Å². The molecule has 1 fully saturated rings. The molecule has 104 valence electrons. The van der Waals surface area contributed by atoms with E-state index in [4.69, 9.17) is 4.74 Å². The first kappa shape index (κ1) is 14.2. The van der Waals surface area contributed by atoms with E-state index in [-0.39, 0.29) is 18.0 Å². The lowest BCUT2D eigenvalue weighted by molar-refractivity contribution is -0.123. The number of hydrogen-bond donors (Lipinski definition) is 2. The van der Waals surface area contributed by atoms with Gasteiger partial charge in [-0.3, -0.25) is 10.1 Å². The predicted molar refractivity (Wildman–Crippen MR) is 78.6 cm³/mol. The number of carbonyl (C=O) groups is 1. The van der Waals surface area contributed by atoms with E-state index in [0.717, 1.165) is 23.8 Å². The Balaban J connectivity index is 1.85. The van der Waals surface area contributed by atoms with Gasteiger partial charge in [0, 0.05) is 17.7 Å². The van der Waals surface area contributed by atoms with Crippen LogP contribution in [0.2, 0.25) is 0 Å². The summed E-state index contributed by atoms with van der Waals surface area (Å²) in [6, 6.07) is 8.02. The second-order valence-corrected chi connectivity index (χ2v) is 5.77. The zero-order chi connectivity index (χ0) is 13.7. The third kappa shape index (κ3) is 4.14.